The highest BCUT2D eigenvalue weighted by Crippen LogP contribution is 2.42. The molecule has 3 amide bonds. The maximum atomic E-state index is 14.0. The zero-order chi connectivity index (χ0) is 34.3. The molecular formula is C35H47N5O8. The molecule has 48 heavy (non-hydrogen) atoms. The van der Waals surface area contributed by atoms with Gasteiger partial charge in [-0.3, -0.25) is 14.4 Å². The maximum Gasteiger partial charge on any atom is 0.409 e. The molecule has 1 N–H and O–H groups in total. The number of ether oxygens (including phenoxy) is 4. The first-order chi connectivity index (χ1) is 22.9. The van der Waals surface area contributed by atoms with Crippen molar-refractivity contribution in [1.29, 1.82) is 0 Å². The van der Waals surface area contributed by atoms with Crippen molar-refractivity contribution in [3.05, 3.63) is 47.8 Å². The van der Waals surface area contributed by atoms with E-state index in [0.717, 1.165) is 36.9 Å². The van der Waals surface area contributed by atoms with Gasteiger partial charge in [0, 0.05) is 62.6 Å². The second kappa shape index (κ2) is 15.4. The van der Waals surface area contributed by atoms with Crippen LogP contribution >= 0.6 is 0 Å². The van der Waals surface area contributed by atoms with E-state index in [0.29, 0.717) is 32.1 Å². The standard InChI is InChI=1S/C35H47N5O8/c1-5-45-33(44)40-19-17-39(18-20-40)32(43)26(11-12-29(41)48-34(2,3)4)38-31(42)28-23-27(36-30(37-28)25-9-7-6-8-10-25)24-13-15-35(16-14-24)46-21-22-47-35/h6-10,23-24,26H,5,11-22H2,1-4H3,(H,38,42). The summed E-state index contributed by atoms with van der Waals surface area (Å²) in [6.45, 7) is 9.63. The molecule has 0 bridgehead atoms. The number of hydrogen-bond donors (Lipinski definition) is 1. The van der Waals surface area contributed by atoms with E-state index < -0.39 is 35.4 Å². The Morgan fingerprint density at radius 3 is 2.25 bits per heavy atom. The van der Waals surface area contributed by atoms with Gasteiger partial charge in [-0.15, -0.1) is 0 Å². The SMILES string of the molecule is CCOC(=O)N1CCN(C(=O)C(CCC(=O)OC(C)(C)C)NC(=O)c2cc(C3CCC4(CC3)OCCO4)nc(-c3ccccc3)n2)CC1. The summed E-state index contributed by atoms with van der Waals surface area (Å²) in [5, 5.41) is 2.88. The normalized spacial score (nSPS) is 18.8. The van der Waals surface area contributed by atoms with Crippen molar-refractivity contribution in [2.24, 2.45) is 0 Å². The van der Waals surface area contributed by atoms with E-state index in [9.17, 15) is 19.2 Å². The Kier molecular flexibility index (Phi) is 11.3. The first-order valence-corrected chi connectivity index (χ1v) is 16.9. The number of hydrogen-bond acceptors (Lipinski definition) is 10. The van der Waals surface area contributed by atoms with E-state index in [-0.39, 0.29) is 50.1 Å². The lowest BCUT2D eigenvalue weighted by atomic mass is 9.83. The highest BCUT2D eigenvalue weighted by atomic mass is 16.7. The number of rotatable bonds is 9. The van der Waals surface area contributed by atoms with Crippen LogP contribution in [0.2, 0.25) is 0 Å². The molecule has 2 saturated heterocycles. The van der Waals surface area contributed by atoms with E-state index in [2.05, 4.69) is 10.3 Å². The first kappa shape index (κ1) is 35.2. The number of nitrogens with zero attached hydrogens (tertiary/aromatic N) is 4. The van der Waals surface area contributed by atoms with Crippen molar-refractivity contribution in [2.45, 2.75) is 89.6 Å². The second-order valence-corrected chi connectivity index (χ2v) is 13.4. The molecule has 1 aromatic heterocycles. The van der Waals surface area contributed by atoms with Gasteiger partial charge in [-0.05, 0) is 53.0 Å². The third-order valence-electron chi connectivity index (χ3n) is 8.77. The van der Waals surface area contributed by atoms with Crippen LogP contribution in [0.15, 0.2) is 36.4 Å². The fraction of sp³-hybridized carbons (Fsp3) is 0.600. The average molecular weight is 666 g/mol. The smallest absolute Gasteiger partial charge is 0.409 e. The summed E-state index contributed by atoms with van der Waals surface area (Å²) in [4.78, 5) is 65.3. The molecule has 1 aliphatic carbocycles. The highest BCUT2D eigenvalue weighted by molar-refractivity contribution is 5.96. The van der Waals surface area contributed by atoms with Gasteiger partial charge in [-0.1, -0.05) is 30.3 Å². The molecule has 260 valence electrons. The van der Waals surface area contributed by atoms with Gasteiger partial charge in [0.15, 0.2) is 11.6 Å². The van der Waals surface area contributed by atoms with Gasteiger partial charge in [-0.2, -0.15) is 0 Å². The van der Waals surface area contributed by atoms with Crippen LogP contribution in [0.25, 0.3) is 11.4 Å². The fourth-order valence-corrected chi connectivity index (χ4v) is 6.34. The second-order valence-electron chi connectivity index (χ2n) is 13.4. The largest absolute Gasteiger partial charge is 0.460 e. The number of benzene rings is 1. The molecule has 2 aromatic rings. The van der Waals surface area contributed by atoms with Gasteiger partial charge in [0.25, 0.3) is 5.91 Å². The topological polar surface area (TPSA) is 149 Å². The molecule has 13 heteroatoms. The lowest BCUT2D eigenvalue weighted by molar-refractivity contribution is -0.179. The van der Waals surface area contributed by atoms with Crippen LogP contribution in [-0.2, 0) is 28.5 Å². The predicted molar refractivity (Wildman–Crippen MR) is 175 cm³/mol. The van der Waals surface area contributed by atoms with E-state index >= 15 is 0 Å². The minimum absolute atomic E-state index is 0.0335. The Morgan fingerprint density at radius 2 is 1.62 bits per heavy atom. The third kappa shape index (κ3) is 9.07. The van der Waals surface area contributed by atoms with E-state index in [4.69, 9.17) is 23.9 Å². The van der Waals surface area contributed by atoms with Crippen molar-refractivity contribution in [3.8, 4) is 11.4 Å². The Balaban J connectivity index is 1.36. The van der Waals surface area contributed by atoms with Crippen molar-refractivity contribution in [3.63, 3.8) is 0 Å². The molecule has 1 spiro atoms. The molecule has 1 unspecified atom stereocenters. The van der Waals surface area contributed by atoms with Crippen LogP contribution in [0.3, 0.4) is 0 Å². The minimum atomic E-state index is -1.02. The number of amides is 3. The Hall–Kier alpha value is -4.10. The highest BCUT2D eigenvalue weighted by Gasteiger charge is 2.41. The summed E-state index contributed by atoms with van der Waals surface area (Å²) < 4.78 is 22.4. The van der Waals surface area contributed by atoms with Crippen molar-refractivity contribution < 1.29 is 38.1 Å². The van der Waals surface area contributed by atoms with Crippen LogP contribution in [-0.4, -0.2) is 107 Å². The number of carbonyl (C=O) groups excluding carboxylic acids is 4. The quantitative estimate of drug-likeness (QED) is 0.389. The molecule has 13 nitrogen and oxygen atoms in total. The van der Waals surface area contributed by atoms with Gasteiger partial charge in [0.05, 0.1) is 19.8 Å². The van der Waals surface area contributed by atoms with Crippen LogP contribution in [0, 0.1) is 0 Å². The number of nitrogens with one attached hydrogen (secondary N) is 1. The maximum absolute atomic E-state index is 14.0. The fourth-order valence-electron chi connectivity index (χ4n) is 6.34. The van der Waals surface area contributed by atoms with Crippen LogP contribution in [0.5, 0.6) is 0 Å². The predicted octanol–water partition coefficient (Wildman–Crippen LogP) is 4.07. The molecule has 1 aromatic carbocycles. The molecule has 3 fully saturated rings. The summed E-state index contributed by atoms with van der Waals surface area (Å²) in [6, 6.07) is 10.1. The van der Waals surface area contributed by atoms with Crippen LogP contribution < -0.4 is 5.32 Å². The Labute approximate surface area is 281 Å². The summed E-state index contributed by atoms with van der Waals surface area (Å²) >= 11 is 0. The molecule has 5 rings (SSSR count). The molecule has 1 atom stereocenters. The van der Waals surface area contributed by atoms with Gasteiger partial charge in [0.2, 0.25) is 5.91 Å². The summed E-state index contributed by atoms with van der Waals surface area (Å²) in [6.07, 6.45) is 2.55. The third-order valence-corrected chi connectivity index (χ3v) is 8.77. The van der Waals surface area contributed by atoms with E-state index in [1.807, 2.05) is 30.3 Å². The van der Waals surface area contributed by atoms with Crippen molar-refractivity contribution >= 4 is 23.9 Å². The molecule has 0 radical (unpaired) electrons. The number of esters is 1. The molecule has 3 aliphatic rings. The summed E-state index contributed by atoms with van der Waals surface area (Å²) in [7, 11) is 0. The zero-order valence-corrected chi connectivity index (χ0v) is 28.4. The van der Waals surface area contributed by atoms with Crippen LogP contribution in [0.4, 0.5) is 4.79 Å². The van der Waals surface area contributed by atoms with E-state index in [1.54, 1.807) is 43.6 Å². The lowest BCUT2D eigenvalue weighted by Crippen LogP contribution is -2.56. The van der Waals surface area contributed by atoms with Crippen molar-refractivity contribution in [2.75, 3.05) is 46.0 Å². The number of piperazine rings is 1. The van der Waals surface area contributed by atoms with Gasteiger partial charge in [-0.25, -0.2) is 14.8 Å². The Morgan fingerprint density at radius 1 is 0.979 bits per heavy atom. The number of aromatic nitrogens is 2. The molecule has 2 aliphatic heterocycles. The lowest BCUT2D eigenvalue weighted by Gasteiger charge is -2.36. The zero-order valence-electron chi connectivity index (χ0n) is 28.4. The summed E-state index contributed by atoms with van der Waals surface area (Å²) in [5.74, 6) is -1.41. The summed E-state index contributed by atoms with van der Waals surface area (Å²) in [5.41, 5.74) is 0.951. The first-order valence-electron chi connectivity index (χ1n) is 16.9. The van der Waals surface area contributed by atoms with Gasteiger partial charge >= 0.3 is 12.1 Å². The Bertz CT molecular complexity index is 1440. The number of carbonyl (C=O) groups is 4. The van der Waals surface area contributed by atoms with E-state index in [1.165, 1.54) is 0 Å². The van der Waals surface area contributed by atoms with Gasteiger partial charge in [0.1, 0.15) is 17.3 Å². The molecular weight excluding hydrogens is 618 g/mol. The minimum Gasteiger partial charge on any atom is -0.460 e. The van der Waals surface area contributed by atoms with Crippen molar-refractivity contribution in [1.82, 2.24) is 25.1 Å². The molecule has 1 saturated carbocycles. The van der Waals surface area contributed by atoms with Crippen LogP contribution in [0.1, 0.15) is 88.3 Å². The average Bonchev–Trinajstić information content (AvgIpc) is 3.53. The molecule has 3 heterocycles. The monoisotopic (exact) mass is 665 g/mol. The van der Waals surface area contributed by atoms with Gasteiger partial charge < -0.3 is 34.1 Å².